The quantitative estimate of drug-likeness (QED) is 0.0268. The molecule has 0 fully saturated rings. The molecule has 4 aromatic carbocycles. The van der Waals surface area contributed by atoms with Gasteiger partial charge < -0.3 is 34.1 Å². The van der Waals surface area contributed by atoms with E-state index in [0.717, 1.165) is 43.3 Å². The number of carboxylic acid groups (broad SMARTS) is 1. The average Bonchev–Trinajstić information content (AvgIpc) is 3.85. The smallest absolute Gasteiger partial charge is 0.304 e. The van der Waals surface area contributed by atoms with Crippen molar-refractivity contribution in [3.05, 3.63) is 127 Å². The van der Waals surface area contributed by atoms with Crippen molar-refractivity contribution in [2.45, 2.75) is 89.8 Å². The first-order valence-electron chi connectivity index (χ1n) is 25.7. The van der Waals surface area contributed by atoms with Crippen molar-refractivity contribution in [1.82, 2.24) is 24.6 Å². The number of halogens is 1. The van der Waals surface area contributed by atoms with Crippen LogP contribution in [0, 0.1) is 31.6 Å². The van der Waals surface area contributed by atoms with Gasteiger partial charge in [0.1, 0.15) is 56.2 Å². The van der Waals surface area contributed by atoms with Crippen LogP contribution in [0.2, 0.25) is 5.02 Å². The SMILES string of the molecule is COc1cc([C@@H](CC(=O)O)c2ccc(C)c(CN3C[C@@H](C)Oc4cc(CCCOCCOCCOCCNC(=O)C[C@@H]5N=C(c6ccc(Cl)cc6)c6c(sc(C)c6C)N(C(C)=N)C5=N)ccc4S3(=O)=O)c2)cc2nnn(C)c12. The molecule has 8 rings (SSSR count). The Morgan fingerprint density at radius 2 is 1.68 bits per heavy atom. The highest BCUT2D eigenvalue weighted by atomic mass is 35.5. The number of amides is 1. The molecule has 0 saturated heterocycles. The highest BCUT2D eigenvalue weighted by Gasteiger charge is 2.36. The van der Waals surface area contributed by atoms with Gasteiger partial charge in [-0.15, -0.1) is 16.4 Å². The summed E-state index contributed by atoms with van der Waals surface area (Å²) in [6.45, 7) is 12.0. The Balaban J connectivity index is 0.761. The van der Waals surface area contributed by atoms with Crippen LogP contribution >= 0.6 is 22.9 Å². The number of rotatable bonds is 23. The fraction of sp³-hybridized carbons (Fsp3) is 0.411. The van der Waals surface area contributed by atoms with Crippen LogP contribution < -0.4 is 19.7 Å². The highest BCUT2D eigenvalue weighted by Crippen LogP contribution is 2.41. The summed E-state index contributed by atoms with van der Waals surface area (Å²) in [5.74, 6) is -0.821. The number of benzene rings is 4. The van der Waals surface area contributed by atoms with Crippen molar-refractivity contribution in [1.29, 1.82) is 10.8 Å². The van der Waals surface area contributed by atoms with Gasteiger partial charge in [-0.05, 0) is 117 Å². The molecule has 0 unspecified atom stereocenters. The van der Waals surface area contributed by atoms with Gasteiger partial charge in [-0.3, -0.25) is 30.3 Å². The Morgan fingerprint density at radius 1 is 0.962 bits per heavy atom. The Bertz CT molecular complexity index is 3340. The average molecular weight is 1120 g/mol. The van der Waals surface area contributed by atoms with Crippen LogP contribution in [-0.4, -0.2) is 134 Å². The topological polar surface area (TPSA) is 244 Å². The second-order valence-electron chi connectivity index (χ2n) is 19.4. The molecule has 0 saturated carbocycles. The molecular weight excluding hydrogens is 1060 g/mol. The second kappa shape index (κ2) is 25.5. The van der Waals surface area contributed by atoms with Gasteiger partial charge in [-0.2, -0.15) is 4.31 Å². The van der Waals surface area contributed by atoms with Gasteiger partial charge in [-0.25, -0.2) is 13.1 Å². The molecule has 22 heteroatoms. The lowest BCUT2D eigenvalue weighted by molar-refractivity contribution is -0.137. The number of nitrogens with zero attached hydrogens (tertiary/aromatic N) is 6. The third-order valence-electron chi connectivity index (χ3n) is 13.8. The summed E-state index contributed by atoms with van der Waals surface area (Å²) >= 11 is 7.71. The number of aliphatic carboxylic acids is 1. The molecule has 414 valence electrons. The number of aromatic nitrogens is 3. The lowest BCUT2D eigenvalue weighted by Crippen LogP contribution is -2.42. The van der Waals surface area contributed by atoms with E-state index in [0.29, 0.717) is 90.3 Å². The molecule has 3 atom stereocenters. The minimum atomic E-state index is -4.00. The van der Waals surface area contributed by atoms with Crippen molar-refractivity contribution in [3.8, 4) is 11.5 Å². The first kappa shape index (κ1) is 57.6. The van der Waals surface area contributed by atoms with Crippen LogP contribution in [0.1, 0.15) is 88.4 Å². The number of carboxylic acids is 1. The van der Waals surface area contributed by atoms with E-state index in [1.807, 2.05) is 64.1 Å². The molecule has 6 aromatic rings. The number of carbonyl (C=O) groups excluding carboxylic acids is 1. The molecule has 1 amide bonds. The van der Waals surface area contributed by atoms with E-state index in [9.17, 15) is 23.1 Å². The number of carbonyl (C=O) groups is 2. The normalized spacial score (nSPS) is 16.6. The Hall–Kier alpha value is -6.59. The van der Waals surface area contributed by atoms with Crippen LogP contribution in [0.25, 0.3) is 11.0 Å². The number of nitrogens with one attached hydrogen (secondary N) is 3. The summed E-state index contributed by atoms with van der Waals surface area (Å²) in [6.07, 6.45) is 0.576. The number of aryl methyl sites for hydroxylation is 4. The molecule has 2 aromatic heterocycles. The van der Waals surface area contributed by atoms with Crippen LogP contribution in [-0.2, 0) is 53.8 Å². The number of anilines is 1. The van der Waals surface area contributed by atoms with Gasteiger partial charge in [0.05, 0.1) is 65.2 Å². The molecule has 4 N–H and O–H groups in total. The van der Waals surface area contributed by atoms with Gasteiger partial charge in [0.15, 0.2) is 0 Å². The highest BCUT2D eigenvalue weighted by molar-refractivity contribution is 7.89. The van der Waals surface area contributed by atoms with Crippen molar-refractivity contribution in [2.75, 3.05) is 64.7 Å². The summed E-state index contributed by atoms with van der Waals surface area (Å²) in [4.78, 5) is 33.2. The van der Waals surface area contributed by atoms with Gasteiger partial charge in [0, 0.05) is 53.7 Å². The number of aliphatic imine (C=N–C) groups is 1. The van der Waals surface area contributed by atoms with E-state index >= 15 is 0 Å². The predicted molar refractivity (Wildman–Crippen MR) is 301 cm³/mol. The Labute approximate surface area is 463 Å². The number of thiophene rings is 1. The fourth-order valence-electron chi connectivity index (χ4n) is 9.66. The molecule has 4 heterocycles. The number of hydrogen-bond acceptors (Lipinski definition) is 15. The fourth-order valence-corrected chi connectivity index (χ4v) is 12.6. The maximum atomic E-state index is 14.3. The number of fused-ring (bicyclic) bond motifs is 3. The Kier molecular flexibility index (Phi) is 18.8. The van der Waals surface area contributed by atoms with E-state index in [-0.39, 0.29) is 61.6 Å². The zero-order valence-electron chi connectivity index (χ0n) is 44.9. The molecule has 0 aliphatic carbocycles. The monoisotopic (exact) mass is 1120 g/mol. The molecular formula is C56H66ClN9O10S2. The number of methoxy groups -OCH3 is 1. The number of hydrogen-bond donors (Lipinski definition) is 4. The van der Waals surface area contributed by atoms with Crippen LogP contribution in [0.15, 0.2) is 82.7 Å². The Morgan fingerprint density at radius 3 is 2.38 bits per heavy atom. The number of ether oxygens (including phenoxy) is 5. The first-order valence-corrected chi connectivity index (χ1v) is 28.3. The lowest BCUT2D eigenvalue weighted by Gasteiger charge is -2.24. The number of amidine groups is 2. The molecule has 19 nitrogen and oxygen atoms in total. The largest absolute Gasteiger partial charge is 0.494 e. The minimum Gasteiger partial charge on any atom is -0.494 e. The maximum Gasteiger partial charge on any atom is 0.304 e. The summed E-state index contributed by atoms with van der Waals surface area (Å²) in [6, 6.07) is 21.0. The van der Waals surface area contributed by atoms with Gasteiger partial charge in [-0.1, -0.05) is 53.2 Å². The van der Waals surface area contributed by atoms with E-state index in [4.69, 9.17) is 51.1 Å². The zero-order valence-corrected chi connectivity index (χ0v) is 47.2. The third-order valence-corrected chi connectivity index (χ3v) is 17.1. The first-order chi connectivity index (χ1) is 37.3. The standard InChI is InChI=1S/C56H66ClN9O10S2/c1-33-10-12-40(44(29-51(68)69)41-27-45-54(48(28-41)72-7)64(6)63-62-45)26-42(33)32-65-31-34(2)76-47-25-38(11-17-49(47)78(65,70)71)9-8-19-73-21-23-75-24-22-74-20-18-60-50(67)30-46-55(59)66(37(5)58)56-52(35(3)36(4)77-56)53(61-46)39-13-15-43(57)16-14-39/h10-17,25-28,34,44,46,58-59H,8-9,18-24,29-32H2,1-7H3,(H,60,67)(H,68,69)/t34-,44+,46+/m1/s1. The number of sulfonamides is 1. The summed E-state index contributed by atoms with van der Waals surface area (Å²) in [5.41, 5.74) is 8.50. The summed E-state index contributed by atoms with van der Waals surface area (Å²) in [5, 5.41) is 40.2. The van der Waals surface area contributed by atoms with Crippen LogP contribution in [0.3, 0.4) is 0 Å². The van der Waals surface area contributed by atoms with E-state index < -0.39 is 34.1 Å². The van der Waals surface area contributed by atoms with E-state index in [2.05, 4.69) is 15.6 Å². The van der Waals surface area contributed by atoms with E-state index in [1.165, 1.54) is 15.6 Å². The predicted octanol–water partition coefficient (Wildman–Crippen LogP) is 8.38. The molecule has 2 aliphatic rings. The molecule has 0 radical (unpaired) electrons. The zero-order chi connectivity index (χ0) is 55.8. The molecule has 2 aliphatic heterocycles. The summed E-state index contributed by atoms with van der Waals surface area (Å²) in [7, 11) is -0.704. The van der Waals surface area contributed by atoms with Gasteiger partial charge in [0.2, 0.25) is 15.9 Å². The summed E-state index contributed by atoms with van der Waals surface area (Å²) < 4.78 is 60.8. The maximum absolute atomic E-state index is 14.3. The molecule has 78 heavy (non-hydrogen) atoms. The van der Waals surface area contributed by atoms with Crippen molar-refractivity contribution < 1.29 is 46.8 Å². The second-order valence-corrected chi connectivity index (χ2v) is 23.0. The van der Waals surface area contributed by atoms with Gasteiger partial charge >= 0.3 is 5.97 Å². The third kappa shape index (κ3) is 13.3. The van der Waals surface area contributed by atoms with Crippen LogP contribution in [0.4, 0.5) is 5.00 Å². The van der Waals surface area contributed by atoms with E-state index in [1.54, 1.807) is 67.1 Å². The van der Waals surface area contributed by atoms with Crippen LogP contribution in [0.5, 0.6) is 11.5 Å². The van der Waals surface area contributed by atoms with Crippen molar-refractivity contribution in [2.24, 2.45) is 12.0 Å². The molecule has 0 spiro atoms. The molecule has 0 bridgehead atoms. The van der Waals surface area contributed by atoms with Crippen molar-refractivity contribution >= 4 is 78.3 Å². The minimum absolute atomic E-state index is 0.0567. The van der Waals surface area contributed by atoms with Gasteiger partial charge in [0.25, 0.3) is 0 Å². The lowest BCUT2D eigenvalue weighted by atomic mass is 9.86. The van der Waals surface area contributed by atoms with Crippen molar-refractivity contribution in [3.63, 3.8) is 0 Å².